The van der Waals surface area contributed by atoms with E-state index in [9.17, 15) is 42.4 Å². The summed E-state index contributed by atoms with van der Waals surface area (Å²) in [6, 6.07) is 17.0. The van der Waals surface area contributed by atoms with E-state index in [-0.39, 0.29) is 29.5 Å². The summed E-state index contributed by atoms with van der Waals surface area (Å²) in [5, 5.41) is 28.7. The maximum Gasteiger partial charge on any atom is 0.411 e. The van der Waals surface area contributed by atoms with E-state index in [1.54, 1.807) is 91.8 Å². The third kappa shape index (κ3) is 12.1. The van der Waals surface area contributed by atoms with Crippen molar-refractivity contribution in [1.82, 2.24) is 19.8 Å². The number of hydrogen-bond acceptors (Lipinski definition) is 9. The molecule has 3 amide bonds. The van der Waals surface area contributed by atoms with Crippen LogP contribution in [-0.4, -0.2) is 89.0 Å². The Bertz CT molecular complexity index is 2030. The van der Waals surface area contributed by atoms with Gasteiger partial charge < -0.3 is 20.5 Å². The highest BCUT2D eigenvalue weighted by Gasteiger charge is 2.53. The largest absolute Gasteiger partial charge is 0.444 e. The molecule has 0 bridgehead atoms. The quantitative estimate of drug-likeness (QED) is 0.110. The molecule has 316 valence electrons. The Morgan fingerprint density at radius 1 is 0.931 bits per heavy atom. The zero-order valence-electron chi connectivity index (χ0n) is 34.4. The van der Waals surface area contributed by atoms with Gasteiger partial charge in [0.05, 0.1) is 27.5 Å². The Morgan fingerprint density at radius 2 is 1.55 bits per heavy atom. The fraction of sp³-hybridized carbons (Fsp3) is 0.500. The number of nitro benzene ring substituents is 1. The van der Waals surface area contributed by atoms with Crippen LogP contribution in [0.1, 0.15) is 79.4 Å². The van der Waals surface area contributed by atoms with Crippen molar-refractivity contribution in [2.24, 2.45) is 11.3 Å². The lowest BCUT2D eigenvalue weighted by molar-refractivity contribution is -0.384. The third-order valence-electron chi connectivity index (χ3n) is 9.69. The van der Waals surface area contributed by atoms with E-state index in [1.807, 2.05) is 0 Å². The molecule has 0 aliphatic heterocycles. The molecule has 16 heteroatoms. The summed E-state index contributed by atoms with van der Waals surface area (Å²) in [5.74, 6) is -2.02. The van der Waals surface area contributed by atoms with Crippen molar-refractivity contribution in [1.29, 1.82) is 0 Å². The molecule has 0 aromatic heterocycles. The van der Waals surface area contributed by atoms with Gasteiger partial charge >= 0.3 is 6.09 Å². The van der Waals surface area contributed by atoms with E-state index in [1.165, 1.54) is 23.1 Å². The van der Waals surface area contributed by atoms with Crippen molar-refractivity contribution in [3.8, 4) is 0 Å². The standard InChI is InChI=1S/C42H56FN5O9S/c1-28(2)25-46(58(55,56)33-19-17-32(18-20-33)48(53)54)26-35(49)34(23-29-13-10-9-11-14-29)44-38(51)37(40(3,4)5)45-36(50)27-47(39(52)57-41(6,7)8)42(21-22-42)30-15-12-16-31(43)24-30/h9-20,24,28,34-35,37,49H,21-23,25-27H2,1-8H3,(H,44,51)(H,45,50)/t34-,35+,37+/m0/s1. The highest BCUT2D eigenvalue weighted by Crippen LogP contribution is 2.51. The maximum atomic E-state index is 14.4. The highest BCUT2D eigenvalue weighted by molar-refractivity contribution is 7.89. The molecule has 3 aromatic carbocycles. The first-order chi connectivity index (χ1) is 26.9. The van der Waals surface area contributed by atoms with Gasteiger partial charge in [0.2, 0.25) is 21.8 Å². The lowest BCUT2D eigenvalue weighted by atomic mass is 9.85. The number of aliphatic hydroxyl groups is 1. The van der Waals surface area contributed by atoms with Gasteiger partial charge in [0.1, 0.15) is 24.0 Å². The van der Waals surface area contributed by atoms with Crippen LogP contribution in [0.4, 0.5) is 14.9 Å². The Hall–Kier alpha value is -4.93. The number of aliphatic hydroxyl groups excluding tert-OH is 1. The van der Waals surface area contributed by atoms with Gasteiger partial charge in [-0.05, 0) is 86.8 Å². The number of non-ortho nitro benzene ring substituents is 1. The number of carbonyl (C=O) groups is 3. The van der Waals surface area contributed by atoms with Crippen molar-refractivity contribution < 1.29 is 42.0 Å². The number of benzene rings is 3. The number of halogens is 1. The van der Waals surface area contributed by atoms with Crippen LogP contribution in [-0.2, 0) is 36.3 Å². The minimum Gasteiger partial charge on any atom is -0.444 e. The average molecular weight is 826 g/mol. The second-order valence-corrected chi connectivity index (χ2v) is 19.3. The number of amides is 3. The summed E-state index contributed by atoms with van der Waals surface area (Å²) >= 11 is 0. The van der Waals surface area contributed by atoms with Crippen molar-refractivity contribution in [2.45, 2.75) is 109 Å². The topological polar surface area (TPSA) is 188 Å². The van der Waals surface area contributed by atoms with Gasteiger partial charge in [-0.2, -0.15) is 4.31 Å². The van der Waals surface area contributed by atoms with Crippen LogP contribution < -0.4 is 10.6 Å². The molecule has 0 unspecified atom stereocenters. The molecular weight excluding hydrogens is 770 g/mol. The number of ether oxygens (including phenoxy) is 1. The molecule has 1 saturated carbocycles. The van der Waals surface area contributed by atoms with Crippen molar-refractivity contribution in [3.63, 3.8) is 0 Å². The van der Waals surface area contributed by atoms with E-state index < -0.39 is 86.5 Å². The van der Waals surface area contributed by atoms with Gasteiger partial charge in [-0.3, -0.25) is 24.6 Å². The van der Waals surface area contributed by atoms with E-state index in [0.29, 0.717) is 18.4 Å². The van der Waals surface area contributed by atoms with E-state index in [0.717, 1.165) is 34.1 Å². The van der Waals surface area contributed by atoms with Crippen LogP contribution in [0.15, 0.2) is 83.8 Å². The highest BCUT2D eigenvalue weighted by atomic mass is 32.2. The first kappa shape index (κ1) is 45.8. The number of carbonyl (C=O) groups excluding carboxylic acids is 3. The van der Waals surface area contributed by atoms with Gasteiger partial charge in [-0.15, -0.1) is 0 Å². The number of nitrogens with one attached hydrogen (secondary N) is 2. The zero-order chi connectivity index (χ0) is 43.2. The lowest BCUT2D eigenvalue weighted by Gasteiger charge is -2.36. The summed E-state index contributed by atoms with van der Waals surface area (Å²) in [6.07, 6.45) is -1.23. The summed E-state index contributed by atoms with van der Waals surface area (Å²) in [7, 11) is -4.27. The molecule has 4 rings (SSSR count). The second-order valence-electron chi connectivity index (χ2n) is 17.3. The van der Waals surface area contributed by atoms with Crippen LogP contribution >= 0.6 is 0 Å². The number of nitro groups is 1. The maximum absolute atomic E-state index is 14.4. The lowest BCUT2D eigenvalue weighted by Crippen LogP contribution is -2.60. The minimum atomic E-state index is -4.27. The predicted molar refractivity (Wildman–Crippen MR) is 216 cm³/mol. The van der Waals surface area contributed by atoms with Crippen LogP contribution in [0.25, 0.3) is 0 Å². The molecule has 14 nitrogen and oxygen atoms in total. The first-order valence-electron chi connectivity index (χ1n) is 19.3. The Kier molecular flexibility index (Phi) is 14.5. The molecular formula is C42H56FN5O9S. The number of rotatable bonds is 17. The first-order valence-corrected chi connectivity index (χ1v) is 20.7. The number of nitrogens with zero attached hydrogens (tertiary/aromatic N) is 3. The third-order valence-corrected chi connectivity index (χ3v) is 11.5. The van der Waals surface area contributed by atoms with Gasteiger partial charge in [0, 0.05) is 25.2 Å². The van der Waals surface area contributed by atoms with Crippen molar-refractivity contribution >= 4 is 33.6 Å². The summed E-state index contributed by atoms with van der Waals surface area (Å²) in [5.41, 5.74) is -1.84. The summed E-state index contributed by atoms with van der Waals surface area (Å²) in [4.78, 5) is 53.6. The van der Waals surface area contributed by atoms with Crippen molar-refractivity contribution in [2.75, 3.05) is 19.6 Å². The second kappa shape index (κ2) is 18.3. The van der Waals surface area contributed by atoms with Crippen LogP contribution in [0, 0.1) is 27.3 Å². The summed E-state index contributed by atoms with van der Waals surface area (Å²) in [6.45, 7) is 13.0. The Balaban J connectivity index is 1.62. The molecule has 0 radical (unpaired) electrons. The molecule has 3 N–H and O–H groups in total. The molecule has 0 saturated heterocycles. The Labute approximate surface area is 340 Å². The predicted octanol–water partition coefficient (Wildman–Crippen LogP) is 5.93. The molecule has 3 atom stereocenters. The SMILES string of the molecule is CC(C)CN(C[C@@H](O)[C@H](Cc1ccccc1)NC(=O)[C@@H](NC(=O)CN(C(=O)OC(C)(C)C)C1(c2cccc(F)c2)CC1)C(C)(C)C)S(=O)(=O)c1ccc([N+](=O)[O-])cc1. The van der Waals surface area contributed by atoms with E-state index in [4.69, 9.17) is 4.74 Å². The minimum absolute atomic E-state index is 0.00564. The van der Waals surface area contributed by atoms with Gasteiger partial charge in [0.25, 0.3) is 5.69 Å². The van der Waals surface area contributed by atoms with Gasteiger partial charge in [0.15, 0.2) is 0 Å². The Morgan fingerprint density at radius 3 is 2.07 bits per heavy atom. The summed E-state index contributed by atoms with van der Waals surface area (Å²) < 4.78 is 49.0. The van der Waals surface area contributed by atoms with Crippen LogP contribution in [0.5, 0.6) is 0 Å². The fourth-order valence-electron chi connectivity index (χ4n) is 6.66. The molecule has 3 aromatic rings. The van der Waals surface area contributed by atoms with Crippen molar-refractivity contribution in [3.05, 3.63) is 106 Å². The van der Waals surface area contributed by atoms with E-state index in [2.05, 4.69) is 10.6 Å². The fourth-order valence-corrected chi connectivity index (χ4v) is 8.29. The zero-order valence-corrected chi connectivity index (χ0v) is 35.2. The van der Waals surface area contributed by atoms with Gasteiger partial charge in [-0.25, -0.2) is 17.6 Å². The monoisotopic (exact) mass is 825 g/mol. The number of hydrogen-bond donors (Lipinski definition) is 3. The molecule has 0 spiro atoms. The molecule has 1 aliphatic carbocycles. The normalized spacial score (nSPS) is 15.6. The molecule has 1 aliphatic rings. The van der Waals surface area contributed by atoms with Crippen LogP contribution in [0.2, 0.25) is 0 Å². The van der Waals surface area contributed by atoms with Gasteiger partial charge in [-0.1, -0.05) is 77.1 Å². The smallest absolute Gasteiger partial charge is 0.411 e. The van der Waals surface area contributed by atoms with Crippen LogP contribution in [0.3, 0.4) is 0 Å². The average Bonchev–Trinajstić information content (AvgIpc) is 3.93. The number of sulfonamides is 1. The molecule has 1 fully saturated rings. The van der Waals surface area contributed by atoms with E-state index >= 15 is 0 Å². The molecule has 58 heavy (non-hydrogen) atoms. The molecule has 0 heterocycles.